The molecular formula is C50H28N4. The summed E-state index contributed by atoms with van der Waals surface area (Å²) in [5.41, 5.74) is 5.49. The monoisotopic (exact) mass is 684 g/mol. The van der Waals surface area contributed by atoms with E-state index in [4.69, 9.17) is 15.0 Å². The van der Waals surface area contributed by atoms with Gasteiger partial charge in [-0.2, -0.15) is 5.26 Å². The Bertz CT molecular complexity index is 3300. The number of nitrogens with zero attached hydrogens (tertiary/aromatic N) is 4. The lowest BCUT2D eigenvalue weighted by Crippen LogP contribution is -2.00. The molecule has 11 aromatic rings. The van der Waals surface area contributed by atoms with Crippen LogP contribution < -0.4 is 0 Å². The fourth-order valence-electron chi connectivity index (χ4n) is 8.31. The van der Waals surface area contributed by atoms with E-state index in [0.717, 1.165) is 27.8 Å². The molecule has 10 aromatic carbocycles. The van der Waals surface area contributed by atoms with Gasteiger partial charge in [0, 0.05) is 16.7 Å². The van der Waals surface area contributed by atoms with Crippen LogP contribution >= 0.6 is 0 Å². The van der Waals surface area contributed by atoms with Gasteiger partial charge in [-0.1, -0.05) is 133 Å². The van der Waals surface area contributed by atoms with Crippen LogP contribution in [0.3, 0.4) is 0 Å². The molecular weight excluding hydrogens is 657 g/mol. The first kappa shape index (κ1) is 30.2. The summed E-state index contributed by atoms with van der Waals surface area (Å²) in [5.74, 6) is 1.75. The SMILES string of the molecule is N#Cc1ccc(-c2nc(-c3ccccc3)nc(-c3ccc(-c4cc5ccc6cccc7c8cccc9ccc%10cccc(c(c4)c5c67)c%10c98)cc3)n2)cc1. The largest absolute Gasteiger partial charge is 0.208 e. The highest BCUT2D eigenvalue weighted by molar-refractivity contribution is 6.37. The Hall–Kier alpha value is -7.48. The molecule has 0 unspecified atom stereocenters. The first-order valence-corrected chi connectivity index (χ1v) is 18.1. The van der Waals surface area contributed by atoms with Gasteiger partial charge in [0.2, 0.25) is 0 Å². The summed E-state index contributed by atoms with van der Waals surface area (Å²) in [7, 11) is 0. The van der Waals surface area contributed by atoms with Crippen LogP contribution in [0.25, 0.3) is 110 Å². The summed E-state index contributed by atoms with van der Waals surface area (Å²) in [6.07, 6.45) is 0. The van der Waals surface area contributed by atoms with Crippen LogP contribution in [0.4, 0.5) is 0 Å². The topological polar surface area (TPSA) is 62.5 Å². The van der Waals surface area contributed by atoms with Gasteiger partial charge in [-0.05, 0) is 112 Å². The second kappa shape index (κ2) is 11.8. The summed E-state index contributed by atoms with van der Waals surface area (Å²) < 4.78 is 0. The molecule has 0 spiro atoms. The van der Waals surface area contributed by atoms with E-state index in [9.17, 15) is 5.26 Å². The summed E-state index contributed by atoms with van der Waals surface area (Å²) in [6, 6.07) is 62.0. The molecule has 1 heterocycles. The van der Waals surface area contributed by atoms with E-state index in [1.807, 2.05) is 42.5 Å². The Morgan fingerprint density at radius 2 is 0.741 bits per heavy atom. The van der Waals surface area contributed by atoms with Crippen molar-refractivity contribution in [3.05, 3.63) is 175 Å². The number of benzene rings is 9. The van der Waals surface area contributed by atoms with Crippen molar-refractivity contribution in [2.45, 2.75) is 0 Å². The fraction of sp³-hybridized carbons (Fsp3) is 0. The van der Waals surface area contributed by atoms with Gasteiger partial charge in [-0.25, -0.2) is 15.0 Å². The number of nitriles is 1. The van der Waals surface area contributed by atoms with Crippen molar-refractivity contribution in [3.63, 3.8) is 0 Å². The first-order valence-electron chi connectivity index (χ1n) is 18.1. The van der Waals surface area contributed by atoms with E-state index in [-0.39, 0.29) is 0 Å². The van der Waals surface area contributed by atoms with Crippen molar-refractivity contribution in [3.8, 4) is 51.4 Å². The van der Waals surface area contributed by atoms with Gasteiger partial charge in [0.25, 0.3) is 0 Å². The standard InChI is InChI=1S/C50H28N4/c51-29-30-15-17-36(18-16-30)49-52-48(35-7-2-1-3-8-35)53-50(54-49)37-24-19-31(20-25-37)39-27-38-26-23-34-10-5-13-41-40-12-4-9-32-21-22-33-11-6-14-42(46(33)44(32)40)43(28-39)47(38)45(34)41/h1-28H. The number of rotatable bonds is 4. The van der Waals surface area contributed by atoms with Gasteiger partial charge in [0.15, 0.2) is 17.5 Å². The lowest BCUT2D eigenvalue weighted by molar-refractivity contribution is 1.07. The summed E-state index contributed by atoms with van der Waals surface area (Å²) in [5, 5.41) is 24.6. The van der Waals surface area contributed by atoms with Gasteiger partial charge >= 0.3 is 0 Å². The zero-order chi connectivity index (χ0) is 35.8. The Kier molecular flexibility index (Phi) is 6.58. The number of hydrogen-bond acceptors (Lipinski definition) is 4. The highest BCUT2D eigenvalue weighted by Crippen LogP contribution is 2.44. The Labute approximate surface area is 310 Å². The van der Waals surface area contributed by atoms with Crippen LogP contribution in [0.15, 0.2) is 170 Å². The maximum absolute atomic E-state index is 9.35. The molecule has 0 saturated carbocycles. The minimum Gasteiger partial charge on any atom is -0.208 e. The highest BCUT2D eigenvalue weighted by atomic mass is 15.0. The Morgan fingerprint density at radius 1 is 0.315 bits per heavy atom. The van der Waals surface area contributed by atoms with Crippen LogP contribution in [0.5, 0.6) is 0 Å². The summed E-state index contributed by atoms with van der Waals surface area (Å²) >= 11 is 0. The lowest BCUT2D eigenvalue weighted by Gasteiger charge is -2.17. The maximum Gasteiger partial charge on any atom is 0.164 e. The molecule has 0 aliphatic carbocycles. The van der Waals surface area contributed by atoms with Gasteiger partial charge < -0.3 is 0 Å². The van der Waals surface area contributed by atoms with Crippen LogP contribution in [-0.4, -0.2) is 15.0 Å². The number of aromatic nitrogens is 3. The maximum atomic E-state index is 9.35. The zero-order valence-corrected chi connectivity index (χ0v) is 29.0. The zero-order valence-electron chi connectivity index (χ0n) is 29.0. The van der Waals surface area contributed by atoms with Crippen molar-refractivity contribution in [1.82, 2.24) is 15.0 Å². The van der Waals surface area contributed by atoms with E-state index in [0.29, 0.717) is 23.0 Å². The van der Waals surface area contributed by atoms with E-state index < -0.39 is 0 Å². The molecule has 0 amide bonds. The summed E-state index contributed by atoms with van der Waals surface area (Å²) in [4.78, 5) is 14.7. The minimum absolute atomic E-state index is 0.561. The molecule has 0 atom stereocenters. The first-order chi connectivity index (χ1) is 26.7. The minimum atomic E-state index is 0.561. The number of hydrogen-bond donors (Lipinski definition) is 0. The predicted octanol–water partition coefficient (Wildman–Crippen LogP) is 12.8. The van der Waals surface area contributed by atoms with Crippen LogP contribution in [0, 0.1) is 11.3 Å². The normalized spacial score (nSPS) is 11.7. The van der Waals surface area contributed by atoms with Crippen molar-refractivity contribution in [2.75, 3.05) is 0 Å². The molecule has 1 aromatic heterocycles. The molecule has 0 aliphatic rings. The molecule has 0 fully saturated rings. The Balaban J connectivity index is 1.12. The Morgan fingerprint density at radius 3 is 1.26 bits per heavy atom. The van der Waals surface area contributed by atoms with Crippen molar-refractivity contribution < 1.29 is 0 Å². The third-order valence-electron chi connectivity index (χ3n) is 10.8. The van der Waals surface area contributed by atoms with Crippen molar-refractivity contribution in [1.29, 1.82) is 5.26 Å². The molecule has 0 bridgehead atoms. The van der Waals surface area contributed by atoms with Gasteiger partial charge in [-0.3, -0.25) is 0 Å². The lowest BCUT2D eigenvalue weighted by atomic mass is 9.86. The van der Waals surface area contributed by atoms with Gasteiger partial charge in [0.1, 0.15) is 0 Å². The fourth-order valence-corrected chi connectivity index (χ4v) is 8.31. The van der Waals surface area contributed by atoms with E-state index >= 15 is 0 Å². The number of fused-ring (bicyclic) bond motifs is 2. The molecule has 54 heavy (non-hydrogen) atoms. The molecule has 0 radical (unpaired) electrons. The molecule has 0 N–H and O–H groups in total. The highest BCUT2D eigenvalue weighted by Gasteiger charge is 2.17. The summed E-state index contributed by atoms with van der Waals surface area (Å²) in [6.45, 7) is 0. The van der Waals surface area contributed by atoms with Crippen molar-refractivity contribution in [2.24, 2.45) is 0 Å². The second-order valence-corrected chi connectivity index (χ2v) is 13.9. The van der Waals surface area contributed by atoms with Crippen LogP contribution in [-0.2, 0) is 0 Å². The average Bonchev–Trinajstić information content (AvgIpc) is 3.25. The van der Waals surface area contributed by atoms with E-state index in [2.05, 4.69) is 121 Å². The van der Waals surface area contributed by atoms with Gasteiger partial charge in [0.05, 0.1) is 11.6 Å². The molecule has 4 nitrogen and oxygen atoms in total. The van der Waals surface area contributed by atoms with Crippen molar-refractivity contribution >= 4 is 64.6 Å². The van der Waals surface area contributed by atoms with E-state index in [1.165, 1.54) is 64.6 Å². The van der Waals surface area contributed by atoms with Gasteiger partial charge in [-0.15, -0.1) is 0 Å². The molecule has 248 valence electrons. The smallest absolute Gasteiger partial charge is 0.164 e. The van der Waals surface area contributed by atoms with E-state index in [1.54, 1.807) is 12.1 Å². The molecule has 0 aliphatic heterocycles. The molecule has 11 rings (SSSR count). The molecule has 0 saturated heterocycles. The molecule has 4 heteroatoms. The third-order valence-corrected chi connectivity index (χ3v) is 10.8. The predicted molar refractivity (Wildman–Crippen MR) is 223 cm³/mol. The average molecular weight is 685 g/mol. The quantitative estimate of drug-likeness (QED) is 0.173. The third kappa shape index (κ3) is 4.66. The van der Waals surface area contributed by atoms with Crippen LogP contribution in [0.2, 0.25) is 0 Å². The van der Waals surface area contributed by atoms with Crippen LogP contribution in [0.1, 0.15) is 5.56 Å². The second-order valence-electron chi connectivity index (χ2n) is 13.9.